The maximum Gasteiger partial charge on any atom is 0.215 e. The van der Waals surface area contributed by atoms with Crippen molar-refractivity contribution < 1.29 is 4.74 Å². The Morgan fingerprint density at radius 1 is 1.39 bits per heavy atom. The van der Waals surface area contributed by atoms with Crippen LogP contribution in [0.15, 0.2) is 34.9 Å². The normalized spacial score (nSPS) is 22.8. The van der Waals surface area contributed by atoms with Crippen molar-refractivity contribution in [3.8, 4) is 0 Å². The van der Waals surface area contributed by atoms with Gasteiger partial charge in [0.2, 0.25) is 5.66 Å². The van der Waals surface area contributed by atoms with Gasteiger partial charge in [0.1, 0.15) is 0 Å². The van der Waals surface area contributed by atoms with E-state index in [9.17, 15) is 0 Å². The first-order valence-corrected chi connectivity index (χ1v) is 9.81. The van der Waals surface area contributed by atoms with Crippen molar-refractivity contribution in [2.24, 2.45) is 10.2 Å². The van der Waals surface area contributed by atoms with Crippen molar-refractivity contribution in [1.29, 1.82) is 0 Å². The van der Waals surface area contributed by atoms with Gasteiger partial charge in [0.25, 0.3) is 0 Å². The van der Waals surface area contributed by atoms with E-state index in [0.717, 1.165) is 12.7 Å². The fourth-order valence-electron chi connectivity index (χ4n) is 1.63. The summed E-state index contributed by atoms with van der Waals surface area (Å²) in [6.45, 7) is 8.25. The van der Waals surface area contributed by atoms with E-state index in [4.69, 9.17) is 4.74 Å². The molecule has 1 unspecified atom stereocenters. The number of nitrogens with zero attached hydrogens (tertiary/aromatic N) is 4. The summed E-state index contributed by atoms with van der Waals surface area (Å²) in [5.41, 5.74) is -0.612. The highest BCUT2D eigenvalue weighted by molar-refractivity contribution is 6.76. The topological polar surface area (TPSA) is 51.8 Å². The molecule has 0 spiro atoms. The number of aromatic nitrogens is 2. The van der Waals surface area contributed by atoms with Gasteiger partial charge in [0.05, 0.1) is 12.8 Å². The smallest absolute Gasteiger partial charge is 0.215 e. The van der Waals surface area contributed by atoms with Crippen molar-refractivity contribution in [1.82, 2.24) is 9.78 Å². The Labute approximate surface area is 109 Å². The minimum Gasteiger partial charge on any atom is -0.377 e. The Morgan fingerprint density at radius 3 is 2.78 bits per heavy atom. The lowest BCUT2D eigenvalue weighted by Gasteiger charge is -2.24. The first-order valence-electron chi connectivity index (χ1n) is 6.11. The van der Waals surface area contributed by atoms with Crippen molar-refractivity contribution in [2.75, 3.05) is 13.2 Å². The van der Waals surface area contributed by atoms with Gasteiger partial charge in [0.15, 0.2) is 0 Å². The zero-order chi connectivity index (χ0) is 13.1. The summed E-state index contributed by atoms with van der Waals surface area (Å²) < 4.78 is 7.51. The van der Waals surface area contributed by atoms with Gasteiger partial charge in [-0.1, -0.05) is 19.6 Å². The average molecular weight is 263 g/mol. The van der Waals surface area contributed by atoms with E-state index in [1.807, 2.05) is 6.08 Å². The van der Waals surface area contributed by atoms with Crippen molar-refractivity contribution in [3.05, 3.63) is 30.7 Å². The molecule has 0 aromatic carbocycles. The average Bonchev–Trinajstić information content (AvgIpc) is 2.94. The Morgan fingerprint density at radius 2 is 2.22 bits per heavy atom. The molecule has 0 aliphatic carbocycles. The number of azo groups is 1. The van der Waals surface area contributed by atoms with E-state index < -0.39 is 13.7 Å². The van der Waals surface area contributed by atoms with Crippen LogP contribution in [0, 0.1) is 6.07 Å². The summed E-state index contributed by atoms with van der Waals surface area (Å²) in [7, 11) is -1.05. The molecule has 2 rings (SSSR count). The molecule has 0 fully saturated rings. The minimum absolute atomic E-state index is 0.465. The molecule has 1 aromatic rings. The Hall–Kier alpha value is -1.27. The van der Waals surface area contributed by atoms with Crippen LogP contribution >= 0.6 is 0 Å². The second-order valence-corrected chi connectivity index (χ2v) is 11.3. The third kappa shape index (κ3) is 3.14. The highest BCUT2D eigenvalue weighted by atomic mass is 28.3. The van der Waals surface area contributed by atoms with Crippen LogP contribution in [0.3, 0.4) is 0 Å². The molecule has 0 N–H and O–H groups in total. The van der Waals surface area contributed by atoms with Crippen LogP contribution in [-0.2, 0) is 10.4 Å². The van der Waals surface area contributed by atoms with Crippen molar-refractivity contribution in [2.45, 2.75) is 31.3 Å². The summed E-state index contributed by atoms with van der Waals surface area (Å²) >= 11 is 0. The zero-order valence-corrected chi connectivity index (χ0v) is 12.1. The van der Waals surface area contributed by atoms with Crippen LogP contribution in [0.4, 0.5) is 0 Å². The van der Waals surface area contributed by atoms with E-state index in [1.54, 1.807) is 23.3 Å². The van der Waals surface area contributed by atoms with Crippen LogP contribution in [0.1, 0.15) is 0 Å². The molecule has 2 heterocycles. The number of hydrogen-bond donors (Lipinski definition) is 0. The largest absolute Gasteiger partial charge is 0.377 e. The lowest BCUT2D eigenvalue weighted by atomic mass is 10.2. The van der Waals surface area contributed by atoms with E-state index in [0.29, 0.717) is 6.61 Å². The molecule has 6 heteroatoms. The Bertz CT molecular complexity index is 421. The Kier molecular flexibility index (Phi) is 3.77. The minimum atomic E-state index is -1.05. The van der Waals surface area contributed by atoms with Gasteiger partial charge in [-0.15, -0.1) is 0 Å². The predicted octanol–water partition coefficient (Wildman–Crippen LogP) is 2.67. The van der Waals surface area contributed by atoms with Gasteiger partial charge >= 0.3 is 0 Å². The lowest BCUT2D eigenvalue weighted by Crippen LogP contribution is -2.34. The van der Waals surface area contributed by atoms with Crippen LogP contribution in [0.25, 0.3) is 0 Å². The van der Waals surface area contributed by atoms with E-state index in [2.05, 4.69) is 41.0 Å². The standard InChI is InChI=1S/C12H19N4OSi/c1-18(2,3)10-9-17-11-12(5-7-13-15-12)16-8-4-6-14-16/h5-8H,9-11H2,1-3H3. The van der Waals surface area contributed by atoms with Gasteiger partial charge in [0, 0.05) is 33.1 Å². The Balaban J connectivity index is 1.93. The van der Waals surface area contributed by atoms with Gasteiger partial charge < -0.3 is 4.74 Å². The summed E-state index contributed by atoms with van der Waals surface area (Å²) in [6, 6.07) is 4.06. The van der Waals surface area contributed by atoms with Crippen molar-refractivity contribution in [3.63, 3.8) is 0 Å². The molecule has 97 valence electrons. The number of ether oxygens (including phenoxy) is 1. The number of hydrogen-bond acceptors (Lipinski definition) is 4. The van der Waals surface area contributed by atoms with Crippen LogP contribution in [-0.4, -0.2) is 31.1 Å². The first kappa shape index (κ1) is 13.2. The van der Waals surface area contributed by atoms with Crippen LogP contribution in [0.5, 0.6) is 0 Å². The molecular weight excluding hydrogens is 244 g/mol. The third-order valence-corrected chi connectivity index (χ3v) is 4.50. The quantitative estimate of drug-likeness (QED) is 0.585. The summed E-state index contributed by atoms with van der Waals surface area (Å²) in [4.78, 5) is 0. The van der Waals surface area contributed by atoms with Crippen molar-refractivity contribution >= 4 is 8.07 Å². The van der Waals surface area contributed by atoms with Gasteiger partial charge in [-0.05, 0) is 12.1 Å². The third-order valence-electron chi connectivity index (χ3n) is 2.80. The molecule has 0 bridgehead atoms. The maximum atomic E-state index is 5.78. The highest BCUT2D eigenvalue weighted by Gasteiger charge is 2.32. The highest BCUT2D eigenvalue weighted by Crippen LogP contribution is 2.25. The van der Waals surface area contributed by atoms with Gasteiger partial charge in [-0.3, -0.25) is 0 Å². The fraction of sp³-hybridized carbons (Fsp3) is 0.583. The summed E-state index contributed by atoms with van der Waals surface area (Å²) in [5.74, 6) is 0. The number of rotatable bonds is 6. The molecule has 1 aliphatic rings. The summed E-state index contributed by atoms with van der Waals surface area (Å²) in [6.07, 6.45) is 6.97. The predicted molar refractivity (Wildman–Crippen MR) is 72.0 cm³/mol. The second-order valence-electron chi connectivity index (χ2n) is 5.66. The molecule has 5 nitrogen and oxygen atoms in total. The zero-order valence-electron chi connectivity index (χ0n) is 11.1. The van der Waals surface area contributed by atoms with Crippen LogP contribution in [0.2, 0.25) is 25.7 Å². The van der Waals surface area contributed by atoms with Gasteiger partial charge in [-0.25, -0.2) is 4.68 Å². The molecule has 0 amide bonds. The summed E-state index contributed by atoms with van der Waals surface area (Å²) in [5, 5.41) is 12.3. The molecule has 0 saturated carbocycles. The lowest BCUT2D eigenvalue weighted by molar-refractivity contribution is 0.0777. The SMILES string of the molecule is C[Si](C)(C)CCOCC1(n2c[c]cn2)C=CN=N1. The van der Waals surface area contributed by atoms with E-state index >= 15 is 0 Å². The van der Waals surface area contributed by atoms with E-state index in [1.165, 1.54) is 0 Å². The second kappa shape index (κ2) is 5.15. The monoisotopic (exact) mass is 263 g/mol. The fourth-order valence-corrected chi connectivity index (χ4v) is 2.39. The molecular formula is C12H19N4OSi. The maximum absolute atomic E-state index is 5.78. The molecule has 1 aromatic heterocycles. The molecule has 18 heavy (non-hydrogen) atoms. The van der Waals surface area contributed by atoms with Gasteiger partial charge in [-0.2, -0.15) is 15.3 Å². The molecule has 1 atom stereocenters. The van der Waals surface area contributed by atoms with Crippen LogP contribution < -0.4 is 0 Å². The molecule has 1 aliphatic heterocycles. The molecule has 1 radical (unpaired) electrons. The van der Waals surface area contributed by atoms with E-state index in [-0.39, 0.29) is 0 Å². The molecule has 0 saturated heterocycles. The first-order chi connectivity index (χ1) is 8.52.